The molecule has 47 heavy (non-hydrogen) atoms. The van der Waals surface area contributed by atoms with Crippen LogP contribution in [0.4, 0.5) is 0 Å². The van der Waals surface area contributed by atoms with Crippen LogP contribution in [0.2, 0.25) is 0 Å². The maximum Gasteiger partial charge on any atom is 0.321 e. The van der Waals surface area contributed by atoms with E-state index in [0.717, 1.165) is 38.5 Å². The van der Waals surface area contributed by atoms with E-state index in [9.17, 15) is 24.0 Å². The molecule has 0 aromatic carbocycles. The molecule has 3 atom stereocenters. The van der Waals surface area contributed by atoms with Crippen LogP contribution in [0.15, 0.2) is 0 Å². The first kappa shape index (κ1) is 44.4. The molecule has 0 saturated heterocycles. The van der Waals surface area contributed by atoms with Crippen LogP contribution in [0.25, 0.3) is 0 Å². The van der Waals surface area contributed by atoms with Crippen LogP contribution in [0.3, 0.4) is 0 Å². The molecule has 0 fully saturated rings. The summed E-state index contributed by atoms with van der Waals surface area (Å²) in [6.45, 7) is 3.01. The number of hydrogen-bond donors (Lipinski definition) is 5. The SMILES string of the molecule is CC(OCCOCCOCCNC(=O)CCCCCCCCCCCCCCCCCCC(=O)O)C(=O)C(CC(=O)O)[C@H](N)C(=O)O. The van der Waals surface area contributed by atoms with Gasteiger partial charge in [0.2, 0.25) is 5.91 Å². The number of carbonyl (C=O) groups excluding carboxylic acids is 2. The van der Waals surface area contributed by atoms with Crippen LogP contribution >= 0.6 is 0 Å². The number of nitrogens with one attached hydrogen (secondary N) is 1. The summed E-state index contributed by atoms with van der Waals surface area (Å²) in [5.41, 5.74) is 5.48. The van der Waals surface area contributed by atoms with Gasteiger partial charge in [-0.15, -0.1) is 0 Å². The van der Waals surface area contributed by atoms with E-state index in [0.29, 0.717) is 32.6 Å². The van der Waals surface area contributed by atoms with Crippen molar-refractivity contribution in [2.45, 2.75) is 141 Å². The van der Waals surface area contributed by atoms with Gasteiger partial charge in [-0.3, -0.25) is 24.0 Å². The first-order chi connectivity index (χ1) is 22.6. The number of amides is 1. The number of unbranched alkanes of at least 4 members (excludes halogenated alkanes) is 15. The molecule has 0 radical (unpaired) electrons. The van der Waals surface area contributed by atoms with E-state index in [2.05, 4.69) is 5.32 Å². The van der Waals surface area contributed by atoms with Crippen LogP contribution in [-0.4, -0.2) is 96.6 Å². The van der Waals surface area contributed by atoms with Gasteiger partial charge >= 0.3 is 17.9 Å². The number of carbonyl (C=O) groups is 5. The van der Waals surface area contributed by atoms with Gasteiger partial charge in [-0.25, -0.2) is 0 Å². The number of ether oxygens (including phenoxy) is 3. The summed E-state index contributed by atoms with van der Waals surface area (Å²) < 4.78 is 16.2. The summed E-state index contributed by atoms with van der Waals surface area (Å²) in [5.74, 6) is -5.52. The number of carboxylic acids is 3. The topological polar surface area (TPSA) is 212 Å². The van der Waals surface area contributed by atoms with Crippen molar-refractivity contribution >= 4 is 29.6 Å². The molecule has 0 bridgehead atoms. The van der Waals surface area contributed by atoms with Gasteiger partial charge in [0.25, 0.3) is 0 Å². The molecule has 0 saturated carbocycles. The third kappa shape index (κ3) is 28.1. The number of ketones is 1. The molecule has 274 valence electrons. The quantitative estimate of drug-likeness (QED) is 0.0578. The standard InChI is InChI=1S/C34H62N2O11/c1-27(33(42)28(26-31(40)41)32(35)34(43)44)47-25-24-46-23-22-45-21-20-36-29(37)18-16-14-12-10-8-6-4-2-3-5-7-9-11-13-15-17-19-30(38)39/h27-28,32H,2-26,35H2,1H3,(H,36,37)(H,38,39)(H,40,41)(H,43,44)/t27?,28?,32-/m0/s1. The van der Waals surface area contributed by atoms with E-state index in [4.69, 9.17) is 35.3 Å². The smallest absolute Gasteiger partial charge is 0.321 e. The average Bonchev–Trinajstić information content (AvgIpc) is 3.02. The van der Waals surface area contributed by atoms with Crippen molar-refractivity contribution in [3.8, 4) is 0 Å². The molecule has 0 aromatic rings. The van der Waals surface area contributed by atoms with Crippen molar-refractivity contribution in [1.82, 2.24) is 5.32 Å². The lowest BCUT2D eigenvalue weighted by Crippen LogP contribution is -2.46. The number of rotatable bonds is 35. The molecular formula is C34H62N2O11. The van der Waals surface area contributed by atoms with Crippen LogP contribution < -0.4 is 11.1 Å². The largest absolute Gasteiger partial charge is 0.481 e. The summed E-state index contributed by atoms with van der Waals surface area (Å²) in [6, 6.07) is -1.63. The highest BCUT2D eigenvalue weighted by Crippen LogP contribution is 2.15. The minimum absolute atomic E-state index is 0.0266. The van der Waals surface area contributed by atoms with Gasteiger partial charge in [-0.1, -0.05) is 89.9 Å². The number of carboxylic acid groups (broad SMARTS) is 3. The maximum absolute atomic E-state index is 12.4. The Balaban J connectivity index is 3.50. The average molecular weight is 675 g/mol. The molecule has 0 heterocycles. The summed E-state index contributed by atoms with van der Waals surface area (Å²) in [4.78, 5) is 56.9. The second kappa shape index (κ2) is 30.7. The second-order valence-corrected chi connectivity index (χ2v) is 12.1. The summed E-state index contributed by atoms with van der Waals surface area (Å²) >= 11 is 0. The van der Waals surface area contributed by atoms with E-state index in [1.54, 1.807) is 0 Å². The zero-order valence-electron chi connectivity index (χ0n) is 28.6. The Morgan fingerprint density at radius 2 is 1.02 bits per heavy atom. The molecule has 13 heteroatoms. The highest BCUT2D eigenvalue weighted by Gasteiger charge is 2.35. The Bertz CT molecular complexity index is 856. The molecule has 0 aliphatic rings. The van der Waals surface area contributed by atoms with Crippen molar-refractivity contribution in [2.75, 3.05) is 39.6 Å². The molecule has 0 rings (SSSR count). The number of nitrogens with two attached hydrogens (primary N) is 1. The predicted octanol–water partition coefficient (Wildman–Crippen LogP) is 4.72. The third-order valence-corrected chi connectivity index (χ3v) is 7.96. The number of hydrogen-bond acceptors (Lipinski definition) is 9. The molecule has 0 aromatic heterocycles. The number of aliphatic carboxylic acids is 3. The van der Waals surface area contributed by atoms with Gasteiger partial charge in [0.1, 0.15) is 12.1 Å². The number of Topliss-reactive ketones (excluding diaryl/α,β-unsaturated/α-hetero) is 1. The fourth-order valence-corrected chi connectivity index (χ4v) is 5.14. The monoisotopic (exact) mass is 674 g/mol. The lowest BCUT2D eigenvalue weighted by atomic mass is 9.89. The van der Waals surface area contributed by atoms with Crippen molar-refractivity contribution in [2.24, 2.45) is 11.7 Å². The van der Waals surface area contributed by atoms with Crippen LogP contribution in [0.5, 0.6) is 0 Å². The Morgan fingerprint density at radius 1 is 0.596 bits per heavy atom. The summed E-state index contributed by atoms with van der Waals surface area (Å²) in [6.07, 6.45) is 17.9. The van der Waals surface area contributed by atoms with Crippen molar-refractivity contribution in [3.63, 3.8) is 0 Å². The highest BCUT2D eigenvalue weighted by molar-refractivity contribution is 5.93. The molecule has 0 spiro atoms. The highest BCUT2D eigenvalue weighted by atomic mass is 16.5. The van der Waals surface area contributed by atoms with Gasteiger partial charge in [0.05, 0.1) is 45.4 Å². The van der Waals surface area contributed by atoms with Crippen LogP contribution in [0, 0.1) is 5.92 Å². The van der Waals surface area contributed by atoms with Crippen LogP contribution in [0.1, 0.15) is 129 Å². The van der Waals surface area contributed by atoms with Crippen molar-refractivity contribution in [3.05, 3.63) is 0 Å². The fourth-order valence-electron chi connectivity index (χ4n) is 5.14. The van der Waals surface area contributed by atoms with Crippen LogP contribution in [-0.2, 0) is 38.2 Å². The lowest BCUT2D eigenvalue weighted by Gasteiger charge is -2.21. The molecule has 6 N–H and O–H groups in total. The fraction of sp³-hybridized carbons (Fsp3) is 0.853. The van der Waals surface area contributed by atoms with Crippen molar-refractivity contribution < 1.29 is 53.5 Å². The van der Waals surface area contributed by atoms with E-state index in [1.165, 1.54) is 71.1 Å². The lowest BCUT2D eigenvalue weighted by molar-refractivity contribution is -0.149. The maximum atomic E-state index is 12.4. The zero-order valence-corrected chi connectivity index (χ0v) is 28.6. The third-order valence-electron chi connectivity index (χ3n) is 7.96. The summed E-state index contributed by atoms with van der Waals surface area (Å²) in [5, 5.41) is 29.5. The first-order valence-electron chi connectivity index (χ1n) is 17.6. The molecule has 0 aliphatic heterocycles. The zero-order chi connectivity index (χ0) is 35.1. The van der Waals surface area contributed by atoms with E-state index >= 15 is 0 Å². The molecule has 13 nitrogen and oxygen atoms in total. The van der Waals surface area contributed by atoms with Gasteiger partial charge in [0.15, 0.2) is 5.78 Å². The van der Waals surface area contributed by atoms with Gasteiger partial charge in [-0.05, 0) is 19.8 Å². The molecule has 0 aliphatic carbocycles. The predicted molar refractivity (Wildman–Crippen MR) is 177 cm³/mol. The second-order valence-electron chi connectivity index (χ2n) is 12.1. The normalized spacial score (nSPS) is 13.1. The van der Waals surface area contributed by atoms with E-state index in [-0.39, 0.29) is 25.7 Å². The van der Waals surface area contributed by atoms with Gasteiger partial charge < -0.3 is 40.6 Å². The van der Waals surface area contributed by atoms with E-state index < -0.39 is 48.2 Å². The molecular weight excluding hydrogens is 612 g/mol. The minimum atomic E-state index is -1.63. The molecule has 2 unspecified atom stereocenters. The van der Waals surface area contributed by atoms with E-state index in [1.807, 2.05) is 0 Å². The van der Waals surface area contributed by atoms with Gasteiger partial charge in [0, 0.05) is 19.4 Å². The molecule has 1 amide bonds. The van der Waals surface area contributed by atoms with Crippen molar-refractivity contribution in [1.29, 1.82) is 0 Å². The first-order valence-corrected chi connectivity index (χ1v) is 17.6. The Kier molecular flexibility index (Phi) is 29.0. The Hall–Kier alpha value is -2.61. The Morgan fingerprint density at radius 3 is 1.47 bits per heavy atom. The van der Waals surface area contributed by atoms with Gasteiger partial charge in [-0.2, -0.15) is 0 Å². The summed E-state index contributed by atoms with van der Waals surface area (Å²) in [7, 11) is 0. The minimum Gasteiger partial charge on any atom is -0.481 e. The Labute approximate surface area is 280 Å².